The number of nitrogen functional groups attached to an aromatic ring is 1. The van der Waals surface area contributed by atoms with Crippen LogP contribution in [0.15, 0.2) is 12.1 Å². The molecular weight excluding hydrogens is 281 g/mol. The third kappa shape index (κ3) is 5.45. The molecule has 0 aliphatic rings. The van der Waals surface area contributed by atoms with E-state index < -0.39 is 24.0 Å². The van der Waals surface area contributed by atoms with Gasteiger partial charge in [0.15, 0.2) is 0 Å². The fraction of sp³-hybridized carbons (Fsp3) is 0.385. The van der Waals surface area contributed by atoms with Gasteiger partial charge in [0.25, 0.3) is 0 Å². The van der Waals surface area contributed by atoms with Gasteiger partial charge < -0.3 is 5.73 Å². The third-order valence-corrected chi connectivity index (χ3v) is 4.00. The summed E-state index contributed by atoms with van der Waals surface area (Å²) in [7, 11) is -6.10. The fourth-order valence-electron chi connectivity index (χ4n) is 1.47. The SMILES string of the molecule is Cc1c(N)cc(C#C[Si](C)(C)C)cc1CS(=O)(=O)F. The molecule has 0 unspecified atom stereocenters. The van der Waals surface area contributed by atoms with Crippen LogP contribution < -0.4 is 5.73 Å². The second-order valence-electron chi connectivity index (χ2n) is 5.53. The molecule has 0 amide bonds. The van der Waals surface area contributed by atoms with Crippen molar-refractivity contribution in [2.24, 2.45) is 0 Å². The molecule has 1 aromatic rings. The van der Waals surface area contributed by atoms with Gasteiger partial charge in [-0.15, -0.1) is 9.43 Å². The lowest BCUT2D eigenvalue weighted by Gasteiger charge is -2.08. The predicted molar refractivity (Wildman–Crippen MR) is 79.5 cm³/mol. The fourth-order valence-corrected chi connectivity index (χ4v) is 2.66. The molecule has 0 aliphatic carbocycles. The summed E-state index contributed by atoms with van der Waals surface area (Å²) in [5, 5.41) is 0. The van der Waals surface area contributed by atoms with Crippen LogP contribution in [0.25, 0.3) is 0 Å². The van der Waals surface area contributed by atoms with Crippen molar-refractivity contribution in [1.29, 1.82) is 0 Å². The number of benzene rings is 1. The van der Waals surface area contributed by atoms with Gasteiger partial charge in [-0.2, -0.15) is 8.42 Å². The minimum absolute atomic E-state index is 0.363. The highest BCUT2D eigenvalue weighted by atomic mass is 32.3. The Balaban J connectivity index is 3.27. The topological polar surface area (TPSA) is 60.2 Å². The van der Waals surface area contributed by atoms with E-state index in [2.05, 4.69) is 31.1 Å². The molecule has 0 saturated heterocycles. The second kappa shape index (κ2) is 5.35. The van der Waals surface area contributed by atoms with Crippen molar-refractivity contribution in [3.8, 4) is 11.5 Å². The summed E-state index contributed by atoms with van der Waals surface area (Å²) < 4.78 is 34.3. The highest BCUT2D eigenvalue weighted by Gasteiger charge is 2.14. The van der Waals surface area contributed by atoms with Crippen molar-refractivity contribution >= 4 is 24.0 Å². The maximum atomic E-state index is 12.8. The first-order valence-corrected chi connectivity index (χ1v) is 10.9. The maximum absolute atomic E-state index is 12.8. The van der Waals surface area contributed by atoms with E-state index in [0.717, 1.165) is 0 Å². The van der Waals surface area contributed by atoms with Gasteiger partial charge in [0.1, 0.15) is 13.8 Å². The van der Waals surface area contributed by atoms with Crippen LogP contribution in [0.1, 0.15) is 16.7 Å². The van der Waals surface area contributed by atoms with Crippen LogP contribution in [-0.2, 0) is 16.0 Å². The van der Waals surface area contributed by atoms with E-state index in [-0.39, 0.29) is 0 Å². The molecule has 6 heteroatoms. The maximum Gasteiger partial charge on any atom is 0.306 e. The molecule has 104 valence electrons. The van der Waals surface area contributed by atoms with E-state index in [0.29, 0.717) is 22.4 Å². The first-order chi connectivity index (χ1) is 8.48. The van der Waals surface area contributed by atoms with Gasteiger partial charge in [-0.3, -0.25) is 0 Å². The number of hydrogen-bond acceptors (Lipinski definition) is 3. The summed E-state index contributed by atoms with van der Waals surface area (Å²) in [5.41, 5.74) is 11.0. The van der Waals surface area contributed by atoms with Gasteiger partial charge >= 0.3 is 10.2 Å². The van der Waals surface area contributed by atoms with Crippen molar-refractivity contribution in [3.63, 3.8) is 0 Å². The molecular formula is C13H18FNO2SSi. The van der Waals surface area contributed by atoms with Gasteiger partial charge in [0, 0.05) is 11.3 Å². The van der Waals surface area contributed by atoms with Crippen LogP contribution in [0.5, 0.6) is 0 Å². The lowest BCUT2D eigenvalue weighted by Crippen LogP contribution is -2.16. The van der Waals surface area contributed by atoms with Crippen LogP contribution >= 0.6 is 0 Å². The molecule has 0 bridgehead atoms. The highest BCUT2D eigenvalue weighted by Crippen LogP contribution is 2.21. The zero-order chi connectivity index (χ0) is 14.8. The van der Waals surface area contributed by atoms with Gasteiger partial charge in [0.05, 0.1) is 0 Å². The minimum Gasteiger partial charge on any atom is -0.398 e. The Bertz CT molecular complexity index is 652. The van der Waals surface area contributed by atoms with Crippen LogP contribution in [0.2, 0.25) is 19.6 Å². The Labute approximate surface area is 115 Å². The van der Waals surface area contributed by atoms with E-state index in [1.165, 1.54) is 0 Å². The molecule has 3 nitrogen and oxygen atoms in total. The quantitative estimate of drug-likeness (QED) is 0.395. The molecule has 0 spiro atoms. The summed E-state index contributed by atoms with van der Waals surface area (Å²) in [6, 6.07) is 3.28. The predicted octanol–water partition coefficient (Wildman–Crippen LogP) is 2.61. The van der Waals surface area contributed by atoms with Crippen molar-refractivity contribution in [2.45, 2.75) is 32.3 Å². The molecule has 0 heterocycles. The summed E-state index contributed by atoms with van der Waals surface area (Å²) in [6.45, 7) is 7.98. The molecule has 0 radical (unpaired) electrons. The van der Waals surface area contributed by atoms with Crippen LogP contribution in [0, 0.1) is 18.4 Å². The normalized spacial score (nSPS) is 11.8. The Morgan fingerprint density at radius 1 is 1.32 bits per heavy atom. The number of anilines is 1. The molecule has 1 aromatic carbocycles. The number of rotatable bonds is 2. The van der Waals surface area contributed by atoms with Crippen molar-refractivity contribution in [1.82, 2.24) is 0 Å². The highest BCUT2D eigenvalue weighted by molar-refractivity contribution is 7.85. The molecule has 0 saturated carbocycles. The molecule has 1 rings (SSSR count). The van der Waals surface area contributed by atoms with Gasteiger partial charge in [0.2, 0.25) is 0 Å². The van der Waals surface area contributed by atoms with E-state index in [1.807, 2.05) is 0 Å². The summed E-state index contributed by atoms with van der Waals surface area (Å²) >= 11 is 0. The van der Waals surface area contributed by atoms with Crippen molar-refractivity contribution < 1.29 is 12.3 Å². The largest absolute Gasteiger partial charge is 0.398 e. The van der Waals surface area contributed by atoms with E-state index in [1.54, 1.807) is 19.1 Å². The number of nitrogens with two attached hydrogens (primary N) is 1. The number of hydrogen-bond donors (Lipinski definition) is 1. The summed E-state index contributed by atoms with van der Waals surface area (Å²) in [4.78, 5) is 0. The molecule has 19 heavy (non-hydrogen) atoms. The Morgan fingerprint density at radius 3 is 2.37 bits per heavy atom. The Hall–Kier alpha value is -1.32. The standard InChI is InChI=1S/C13H18FNO2SSi/c1-10-12(9-18(14,16)17)7-11(8-13(10)15)5-6-19(2,3)4/h7-8H,9,15H2,1-4H3. The first kappa shape index (κ1) is 15.7. The summed E-state index contributed by atoms with van der Waals surface area (Å²) in [5.74, 6) is 2.33. The van der Waals surface area contributed by atoms with E-state index >= 15 is 0 Å². The van der Waals surface area contributed by atoms with E-state index in [4.69, 9.17) is 5.73 Å². The third-order valence-electron chi connectivity index (χ3n) is 2.47. The molecule has 0 fully saturated rings. The minimum atomic E-state index is -4.57. The smallest absolute Gasteiger partial charge is 0.306 e. The lowest BCUT2D eigenvalue weighted by atomic mass is 10.0. The zero-order valence-corrected chi connectivity index (χ0v) is 13.4. The van der Waals surface area contributed by atoms with Crippen LogP contribution in [0.4, 0.5) is 9.57 Å². The van der Waals surface area contributed by atoms with Crippen molar-refractivity contribution in [2.75, 3.05) is 5.73 Å². The Morgan fingerprint density at radius 2 is 1.89 bits per heavy atom. The monoisotopic (exact) mass is 299 g/mol. The molecule has 2 N–H and O–H groups in total. The van der Waals surface area contributed by atoms with Crippen LogP contribution in [-0.4, -0.2) is 16.5 Å². The van der Waals surface area contributed by atoms with Gasteiger partial charge in [-0.1, -0.05) is 25.6 Å². The molecule has 0 aliphatic heterocycles. The van der Waals surface area contributed by atoms with Crippen LogP contribution in [0.3, 0.4) is 0 Å². The average molecular weight is 299 g/mol. The first-order valence-electron chi connectivity index (χ1n) is 5.82. The van der Waals surface area contributed by atoms with Crippen molar-refractivity contribution in [3.05, 3.63) is 28.8 Å². The van der Waals surface area contributed by atoms with E-state index in [9.17, 15) is 12.3 Å². The average Bonchev–Trinajstić information content (AvgIpc) is 2.19. The van der Waals surface area contributed by atoms with Gasteiger partial charge in [-0.25, -0.2) is 0 Å². The number of halogens is 1. The summed E-state index contributed by atoms with van der Waals surface area (Å²) in [6.07, 6.45) is 0. The Kier molecular flexibility index (Phi) is 4.43. The molecule has 0 aromatic heterocycles. The lowest BCUT2D eigenvalue weighted by molar-refractivity contribution is 0.551. The van der Waals surface area contributed by atoms with Gasteiger partial charge in [-0.05, 0) is 30.2 Å². The zero-order valence-electron chi connectivity index (χ0n) is 11.5. The molecule has 0 atom stereocenters. The second-order valence-corrected chi connectivity index (χ2v) is 11.6.